The van der Waals surface area contributed by atoms with Crippen molar-refractivity contribution in [2.24, 2.45) is 0 Å². The summed E-state index contributed by atoms with van der Waals surface area (Å²) in [6, 6.07) is 5.83. The molecular weight excluding hydrogens is 495 g/mol. The summed E-state index contributed by atoms with van der Waals surface area (Å²) in [6.07, 6.45) is 1.55. The number of carbonyl (C=O) groups is 3. The number of esters is 1. The Morgan fingerprint density at radius 1 is 1.21 bits per heavy atom. The number of nitrogens with one attached hydrogen (secondary N) is 1. The van der Waals surface area contributed by atoms with Crippen molar-refractivity contribution < 1.29 is 33.0 Å². The molecule has 2 heterocycles. The molecule has 0 unspecified atom stereocenters. The number of urea groups is 1. The number of benzene rings is 1. The van der Waals surface area contributed by atoms with E-state index in [1.165, 1.54) is 33.5 Å². The molecule has 0 atom stereocenters. The second kappa shape index (κ2) is 8.55. The minimum absolute atomic E-state index is 0.00905. The number of furan rings is 1. The summed E-state index contributed by atoms with van der Waals surface area (Å²) < 4.78 is 21.3. The van der Waals surface area contributed by atoms with Gasteiger partial charge in [0.25, 0.3) is 5.91 Å². The molecule has 1 aromatic carbocycles. The van der Waals surface area contributed by atoms with Crippen LogP contribution in [0.2, 0.25) is 0 Å². The van der Waals surface area contributed by atoms with Gasteiger partial charge in [0.2, 0.25) is 5.76 Å². The van der Waals surface area contributed by atoms with Crippen molar-refractivity contribution in [2.75, 3.05) is 21.3 Å². The quantitative estimate of drug-likeness (QED) is 0.275. The summed E-state index contributed by atoms with van der Waals surface area (Å²) >= 11 is 2.09. The molecule has 10 heteroatoms. The summed E-state index contributed by atoms with van der Waals surface area (Å²) in [7, 11) is 4.28. The van der Waals surface area contributed by atoms with Crippen LogP contribution in [0.4, 0.5) is 4.79 Å². The molecule has 0 aliphatic carbocycles. The molecule has 9 nitrogen and oxygen atoms in total. The van der Waals surface area contributed by atoms with E-state index >= 15 is 0 Å². The van der Waals surface area contributed by atoms with E-state index in [1.807, 2.05) is 0 Å². The fourth-order valence-electron chi connectivity index (χ4n) is 2.73. The van der Waals surface area contributed by atoms with Gasteiger partial charge in [0, 0.05) is 0 Å². The molecule has 0 saturated carbocycles. The number of hydrogen-bond acceptors (Lipinski definition) is 7. The van der Waals surface area contributed by atoms with Gasteiger partial charge >= 0.3 is 12.0 Å². The maximum absolute atomic E-state index is 12.7. The number of imide groups is 1. The predicted octanol–water partition coefficient (Wildman–Crippen LogP) is 2.78. The van der Waals surface area contributed by atoms with Gasteiger partial charge in [0.05, 0.1) is 31.4 Å². The minimum Gasteiger partial charge on any atom is -0.493 e. The molecule has 1 aromatic heterocycles. The smallest absolute Gasteiger partial charge is 0.373 e. The summed E-state index contributed by atoms with van der Waals surface area (Å²) in [4.78, 5) is 37.4. The molecule has 152 valence electrons. The summed E-state index contributed by atoms with van der Waals surface area (Å²) in [5.74, 6) is 0.192. The van der Waals surface area contributed by atoms with Crippen LogP contribution in [0.3, 0.4) is 0 Å². The number of halogens is 1. The Kier molecular flexibility index (Phi) is 6.11. The van der Waals surface area contributed by atoms with Crippen molar-refractivity contribution in [3.63, 3.8) is 0 Å². The number of nitrogens with zero attached hydrogens (tertiary/aromatic N) is 1. The third-order valence-electron chi connectivity index (χ3n) is 4.09. The average molecular weight is 512 g/mol. The minimum atomic E-state index is -0.642. The molecule has 0 bridgehead atoms. The van der Waals surface area contributed by atoms with Crippen LogP contribution in [0.1, 0.15) is 21.9 Å². The molecule has 1 aliphatic rings. The van der Waals surface area contributed by atoms with Crippen molar-refractivity contribution in [1.82, 2.24) is 10.2 Å². The molecule has 2 aromatic rings. The Balaban J connectivity index is 1.82. The third kappa shape index (κ3) is 4.21. The zero-order chi connectivity index (χ0) is 21.1. The normalized spacial score (nSPS) is 14.9. The number of rotatable bonds is 6. The number of hydrogen-bond donors (Lipinski definition) is 1. The Morgan fingerprint density at radius 2 is 1.97 bits per heavy atom. The van der Waals surface area contributed by atoms with Crippen LogP contribution in [0.25, 0.3) is 6.08 Å². The van der Waals surface area contributed by atoms with E-state index in [0.717, 1.165) is 8.47 Å². The van der Waals surface area contributed by atoms with E-state index < -0.39 is 17.9 Å². The van der Waals surface area contributed by atoms with E-state index in [2.05, 4.69) is 32.6 Å². The third-order valence-corrected chi connectivity index (χ3v) is 4.89. The molecule has 29 heavy (non-hydrogen) atoms. The van der Waals surface area contributed by atoms with Crippen LogP contribution >= 0.6 is 22.6 Å². The molecule has 1 fully saturated rings. The SMILES string of the molecule is COC(=O)c1ccc(CN2C(=O)N/C(=C\c3cc(I)c(OC)c(OC)c3)C2=O)o1. The Bertz CT molecular complexity index is 1010. The zero-order valence-electron chi connectivity index (χ0n) is 15.8. The van der Waals surface area contributed by atoms with E-state index in [1.54, 1.807) is 18.2 Å². The lowest BCUT2D eigenvalue weighted by molar-refractivity contribution is -0.123. The molecule has 3 rings (SSSR count). The monoisotopic (exact) mass is 512 g/mol. The lowest BCUT2D eigenvalue weighted by Crippen LogP contribution is -2.30. The van der Waals surface area contributed by atoms with Crippen molar-refractivity contribution in [3.8, 4) is 11.5 Å². The lowest BCUT2D eigenvalue weighted by atomic mass is 10.1. The van der Waals surface area contributed by atoms with Gasteiger partial charge in [-0.2, -0.15) is 0 Å². The molecule has 1 saturated heterocycles. The Hall–Kier alpha value is -3.02. The lowest BCUT2D eigenvalue weighted by Gasteiger charge is -2.11. The molecule has 1 aliphatic heterocycles. The first-order valence-electron chi connectivity index (χ1n) is 8.31. The molecule has 0 radical (unpaired) electrons. The predicted molar refractivity (Wildman–Crippen MR) is 109 cm³/mol. The first-order chi connectivity index (χ1) is 13.9. The van der Waals surface area contributed by atoms with Crippen LogP contribution in [0.15, 0.2) is 34.4 Å². The van der Waals surface area contributed by atoms with Crippen molar-refractivity contribution >= 4 is 46.6 Å². The fraction of sp³-hybridized carbons (Fsp3) is 0.211. The topological polar surface area (TPSA) is 107 Å². The van der Waals surface area contributed by atoms with Crippen LogP contribution in [-0.2, 0) is 16.1 Å². The van der Waals surface area contributed by atoms with Gasteiger partial charge in [0.15, 0.2) is 11.5 Å². The average Bonchev–Trinajstić information content (AvgIpc) is 3.27. The van der Waals surface area contributed by atoms with Gasteiger partial charge in [-0.05, 0) is 58.5 Å². The highest BCUT2D eigenvalue weighted by atomic mass is 127. The number of carbonyl (C=O) groups excluding carboxylic acids is 3. The summed E-state index contributed by atoms with van der Waals surface area (Å²) in [6.45, 7) is -0.123. The van der Waals surface area contributed by atoms with Crippen LogP contribution < -0.4 is 14.8 Å². The largest absolute Gasteiger partial charge is 0.493 e. The number of methoxy groups -OCH3 is 3. The maximum Gasteiger partial charge on any atom is 0.373 e. The van der Waals surface area contributed by atoms with Crippen LogP contribution in [0.5, 0.6) is 11.5 Å². The number of ether oxygens (including phenoxy) is 3. The molecular formula is C19H17IN2O7. The Morgan fingerprint density at radius 3 is 2.62 bits per heavy atom. The van der Waals surface area contributed by atoms with Crippen molar-refractivity contribution in [3.05, 3.63) is 50.6 Å². The first-order valence-corrected chi connectivity index (χ1v) is 9.39. The summed E-state index contributed by atoms with van der Waals surface area (Å²) in [5, 5.41) is 2.54. The van der Waals surface area contributed by atoms with Crippen molar-refractivity contribution in [2.45, 2.75) is 6.54 Å². The highest BCUT2D eigenvalue weighted by molar-refractivity contribution is 14.1. The highest BCUT2D eigenvalue weighted by Crippen LogP contribution is 2.34. The van der Waals surface area contributed by atoms with Gasteiger partial charge in [-0.3, -0.25) is 9.69 Å². The fourth-order valence-corrected chi connectivity index (χ4v) is 3.58. The summed E-state index contributed by atoms with van der Waals surface area (Å²) in [5.41, 5.74) is 0.765. The highest BCUT2D eigenvalue weighted by Gasteiger charge is 2.34. The second-order valence-corrected chi connectivity index (χ2v) is 7.04. The van der Waals surface area contributed by atoms with Gasteiger partial charge in [-0.25, -0.2) is 9.59 Å². The van der Waals surface area contributed by atoms with Gasteiger partial charge in [0.1, 0.15) is 11.5 Å². The molecule has 0 spiro atoms. The van der Waals surface area contributed by atoms with E-state index in [-0.39, 0.29) is 23.8 Å². The van der Waals surface area contributed by atoms with E-state index in [4.69, 9.17) is 13.9 Å². The Labute approximate surface area is 179 Å². The maximum atomic E-state index is 12.7. The molecule has 3 amide bonds. The van der Waals surface area contributed by atoms with E-state index in [0.29, 0.717) is 17.1 Å². The standard InChI is InChI=1S/C19H17IN2O7/c1-26-15-8-10(6-12(20)16(15)27-2)7-13-17(23)22(19(25)21-13)9-11-4-5-14(29-11)18(24)28-3/h4-8H,9H2,1-3H3,(H,21,25)/b13-7-. The zero-order valence-corrected chi connectivity index (χ0v) is 17.9. The van der Waals surface area contributed by atoms with Gasteiger partial charge in [-0.1, -0.05) is 0 Å². The van der Waals surface area contributed by atoms with Gasteiger partial charge < -0.3 is 23.9 Å². The van der Waals surface area contributed by atoms with Crippen molar-refractivity contribution in [1.29, 1.82) is 0 Å². The van der Waals surface area contributed by atoms with Crippen LogP contribution in [-0.4, -0.2) is 44.1 Å². The molecule has 1 N–H and O–H groups in total. The second-order valence-electron chi connectivity index (χ2n) is 5.88. The van der Waals surface area contributed by atoms with Gasteiger partial charge in [-0.15, -0.1) is 0 Å². The number of amides is 3. The van der Waals surface area contributed by atoms with E-state index in [9.17, 15) is 14.4 Å². The van der Waals surface area contributed by atoms with Crippen LogP contribution in [0, 0.1) is 3.57 Å². The first kappa shape index (κ1) is 20.7.